The lowest BCUT2D eigenvalue weighted by atomic mass is 9.69. The molecule has 2 aliphatic rings. The van der Waals surface area contributed by atoms with E-state index >= 15 is 0 Å². The van der Waals surface area contributed by atoms with Crippen molar-refractivity contribution in [1.29, 1.82) is 0 Å². The van der Waals surface area contributed by atoms with Gasteiger partial charge in [-0.3, -0.25) is 0 Å². The predicted molar refractivity (Wildman–Crippen MR) is 51.7 cm³/mol. The van der Waals surface area contributed by atoms with E-state index in [1.165, 1.54) is 0 Å². The summed E-state index contributed by atoms with van der Waals surface area (Å²) in [4.78, 5) is 0. The molecule has 0 amide bonds. The molecule has 1 N–H and O–H groups in total. The van der Waals surface area contributed by atoms with Crippen molar-refractivity contribution in [3.63, 3.8) is 0 Å². The van der Waals surface area contributed by atoms with Crippen LogP contribution in [0.3, 0.4) is 0 Å². The average Bonchev–Trinajstić information content (AvgIpc) is 2.58. The highest BCUT2D eigenvalue weighted by Crippen LogP contribution is 2.48. The van der Waals surface area contributed by atoms with Gasteiger partial charge in [0.25, 0.3) is 0 Å². The van der Waals surface area contributed by atoms with E-state index in [0.717, 1.165) is 0 Å². The van der Waals surface area contributed by atoms with Gasteiger partial charge in [0.1, 0.15) is 0 Å². The van der Waals surface area contributed by atoms with Crippen molar-refractivity contribution >= 4 is 0 Å². The van der Waals surface area contributed by atoms with Crippen LogP contribution in [0.2, 0.25) is 0 Å². The van der Waals surface area contributed by atoms with Crippen molar-refractivity contribution < 1.29 is 23.0 Å². The molecule has 0 bridgehead atoms. The van der Waals surface area contributed by atoms with Gasteiger partial charge in [-0.25, -0.2) is 0 Å². The Labute approximate surface area is 92.8 Å². The number of hydrogen-bond acceptors (Lipinski definition) is 2. The Hall–Kier alpha value is -0.290. The zero-order valence-corrected chi connectivity index (χ0v) is 9.20. The smallest absolute Gasteiger partial charge is 0.391 e. The van der Waals surface area contributed by atoms with E-state index in [0.29, 0.717) is 6.61 Å². The van der Waals surface area contributed by atoms with Crippen LogP contribution in [0.5, 0.6) is 0 Å². The molecule has 1 saturated heterocycles. The summed E-state index contributed by atoms with van der Waals surface area (Å²) in [5, 5.41) is 9.22. The van der Waals surface area contributed by atoms with E-state index in [9.17, 15) is 18.3 Å². The van der Waals surface area contributed by atoms with Gasteiger partial charge in [0.05, 0.1) is 12.0 Å². The molecule has 94 valence electrons. The quantitative estimate of drug-likeness (QED) is 0.759. The highest BCUT2D eigenvalue weighted by atomic mass is 19.4. The van der Waals surface area contributed by atoms with Gasteiger partial charge < -0.3 is 9.84 Å². The van der Waals surface area contributed by atoms with E-state index in [2.05, 4.69) is 0 Å². The first-order valence-corrected chi connectivity index (χ1v) is 5.72. The first kappa shape index (κ1) is 12.2. The molecule has 1 aliphatic heterocycles. The minimum absolute atomic E-state index is 0.0505. The fourth-order valence-corrected chi connectivity index (χ4v) is 3.22. The maximum absolute atomic E-state index is 12.7. The molecular formula is C11H17F3O2. The van der Waals surface area contributed by atoms with Gasteiger partial charge >= 0.3 is 6.18 Å². The van der Waals surface area contributed by atoms with Gasteiger partial charge in [-0.1, -0.05) is 6.92 Å². The van der Waals surface area contributed by atoms with Crippen LogP contribution in [-0.4, -0.2) is 30.6 Å². The standard InChI is InChI=1S/C11H17F3O2/c1-6-5-16-9-3-8(11(12,13)14)2-7(4-15)10(6)9/h6-10,15H,2-5H2,1H3/t6-,7-,8-,9-,10+/m0/s1. The molecule has 0 aromatic carbocycles. The van der Waals surface area contributed by atoms with Gasteiger partial charge in [-0.2, -0.15) is 13.2 Å². The normalized spacial score (nSPS) is 44.4. The molecule has 1 aliphatic carbocycles. The predicted octanol–water partition coefficient (Wildman–Crippen LogP) is 2.22. The summed E-state index contributed by atoms with van der Waals surface area (Å²) < 4.78 is 43.4. The molecule has 0 unspecified atom stereocenters. The average molecular weight is 238 g/mol. The summed E-state index contributed by atoms with van der Waals surface area (Å²) in [5.74, 6) is -1.21. The molecule has 5 atom stereocenters. The fraction of sp³-hybridized carbons (Fsp3) is 1.00. The van der Waals surface area contributed by atoms with Gasteiger partial charge in [0.2, 0.25) is 0 Å². The second-order valence-electron chi connectivity index (χ2n) is 5.08. The number of alkyl halides is 3. The number of aliphatic hydroxyl groups is 1. The third-order valence-corrected chi connectivity index (χ3v) is 4.01. The molecule has 2 rings (SSSR count). The van der Waals surface area contributed by atoms with Crippen molar-refractivity contribution in [2.75, 3.05) is 13.2 Å². The van der Waals surface area contributed by atoms with Gasteiger partial charge in [0.15, 0.2) is 0 Å². The van der Waals surface area contributed by atoms with Gasteiger partial charge in [0, 0.05) is 13.2 Å². The van der Waals surface area contributed by atoms with Gasteiger partial charge in [-0.15, -0.1) is 0 Å². The van der Waals surface area contributed by atoms with E-state index < -0.39 is 12.1 Å². The molecule has 0 aromatic rings. The van der Waals surface area contributed by atoms with E-state index in [1.54, 1.807) is 0 Å². The molecule has 0 aromatic heterocycles. The Morgan fingerprint density at radius 2 is 2.00 bits per heavy atom. The summed E-state index contributed by atoms with van der Waals surface area (Å²) in [6.07, 6.45) is -4.36. The lowest BCUT2D eigenvalue weighted by molar-refractivity contribution is -0.200. The maximum Gasteiger partial charge on any atom is 0.391 e. The van der Waals surface area contributed by atoms with Gasteiger partial charge in [-0.05, 0) is 30.6 Å². The van der Waals surface area contributed by atoms with Crippen LogP contribution >= 0.6 is 0 Å². The first-order valence-electron chi connectivity index (χ1n) is 5.72. The lowest BCUT2D eigenvalue weighted by Gasteiger charge is -2.38. The monoisotopic (exact) mass is 238 g/mol. The molecule has 16 heavy (non-hydrogen) atoms. The molecule has 1 heterocycles. The van der Waals surface area contributed by atoms with Crippen molar-refractivity contribution in [1.82, 2.24) is 0 Å². The van der Waals surface area contributed by atoms with Crippen LogP contribution in [0.15, 0.2) is 0 Å². The molecule has 0 spiro atoms. The number of fused-ring (bicyclic) bond motifs is 1. The molecule has 2 nitrogen and oxygen atoms in total. The summed E-state index contributed by atoms with van der Waals surface area (Å²) in [6, 6.07) is 0. The Kier molecular flexibility index (Phi) is 3.18. The Morgan fingerprint density at radius 1 is 1.31 bits per heavy atom. The maximum atomic E-state index is 12.7. The SMILES string of the molecule is C[C@H]1CO[C@H]2C[C@@H](C(F)(F)F)C[C@@H](CO)[C@H]21. The summed E-state index contributed by atoms with van der Waals surface area (Å²) in [7, 11) is 0. The van der Waals surface area contributed by atoms with Crippen LogP contribution in [0.1, 0.15) is 19.8 Å². The van der Waals surface area contributed by atoms with E-state index in [4.69, 9.17) is 4.74 Å². The first-order chi connectivity index (χ1) is 7.43. The zero-order valence-electron chi connectivity index (χ0n) is 9.20. The third kappa shape index (κ3) is 2.07. The van der Waals surface area contributed by atoms with Crippen LogP contribution in [0.25, 0.3) is 0 Å². The summed E-state index contributed by atoms with van der Waals surface area (Å²) >= 11 is 0. The highest BCUT2D eigenvalue weighted by Gasteiger charge is 2.52. The minimum Gasteiger partial charge on any atom is -0.396 e. The second-order valence-corrected chi connectivity index (χ2v) is 5.08. The fourth-order valence-electron chi connectivity index (χ4n) is 3.22. The third-order valence-electron chi connectivity index (χ3n) is 4.01. The Balaban J connectivity index is 2.12. The largest absolute Gasteiger partial charge is 0.396 e. The summed E-state index contributed by atoms with van der Waals surface area (Å²) in [5.41, 5.74) is 0. The second kappa shape index (κ2) is 4.18. The topological polar surface area (TPSA) is 29.5 Å². The molecule has 5 heteroatoms. The molecule has 2 fully saturated rings. The number of hydrogen-bond donors (Lipinski definition) is 1. The number of halogens is 3. The van der Waals surface area contributed by atoms with E-state index in [-0.39, 0.29) is 43.3 Å². The number of ether oxygens (including phenoxy) is 1. The van der Waals surface area contributed by atoms with Crippen LogP contribution < -0.4 is 0 Å². The Bertz CT molecular complexity index is 254. The molecular weight excluding hydrogens is 221 g/mol. The van der Waals surface area contributed by atoms with Crippen LogP contribution in [0, 0.1) is 23.7 Å². The molecule has 0 radical (unpaired) electrons. The van der Waals surface area contributed by atoms with Crippen molar-refractivity contribution in [2.45, 2.75) is 32.0 Å². The Morgan fingerprint density at radius 3 is 2.56 bits per heavy atom. The van der Waals surface area contributed by atoms with Crippen LogP contribution in [0.4, 0.5) is 13.2 Å². The lowest BCUT2D eigenvalue weighted by Crippen LogP contribution is -2.42. The minimum atomic E-state index is -4.16. The highest BCUT2D eigenvalue weighted by molar-refractivity contribution is 4.94. The summed E-state index contributed by atoms with van der Waals surface area (Å²) in [6.45, 7) is 2.35. The molecule has 1 saturated carbocycles. The van der Waals surface area contributed by atoms with Crippen molar-refractivity contribution in [2.24, 2.45) is 23.7 Å². The van der Waals surface area contributed by atoms with Crippen molar-refractivity contribution in [3.05, 3.63) is 0 Å². The van der Waals surface area contributed by atoms with Crippen molar-refractivity contribution in [3.8, 4) is 0 Å². The number of rotatable bonds is 1. The number of aliphatic hydroxyl groups excluding tert-OH is 1. The van der Waals surface area contributed by atoms with Crippen LogP contribution in [-0.2, 0) is 4.74 Å². The zero-order chi connectivity index (χ0) is 11.9. The van der Waals surface area contributed by atoms with E-state index in [1.807, 2.05) is 6.92 Å².